The summed E-state index contributed by atoms with van der Waals surface area (Å²) >= 11 is 3.05. The van der Waals surface area contributed by atoms with Gasteiger partial charge in [-0.3, -0.25) is 14.4 Å². The zero-order valence-electron chi connectivity index (χ0n) is 18.9. The van der Waals surface area contributed by atoms with Crippen LogP contribution in [-0.4, -0.2) is 48.3 Å². The Morgan fingerprint density at radius 3 is 2.35 bits per heavy atom. The number of piperidine rings is 1. The van der Waals surface area contributed by atoms with Gasteiger partial charge in [0.15, 0.2) is 0 Å². The summed E-state index contributed by atoms with van der Waals surface area (Å²) in [4.78, 5) is 42.3. The van der Waals surface area contributed by atoms with E-state index >= 15 is 0 Å². The topological polar surface area (TPSA) is 78.5 Å². The number of nitrogens with one attached hydrogen (secondary N) is 2. The largest absolute Gasteiger partial charge is 0.355 e. The SMILES string of the molecule is O=C(NC(Cc1ccccc1)C(=O)N1CCC(C(=O)NCCc2cccs2)CC1)c1cccs1. The van der Waals surface area contributed by atoms with Gasteiger partial charge in [0.1, 0.15) is 6.04 Å². The van der Waals surface area contributed by atoms with Gasteiger partial charge < -0.3 is 15.5 Å². The van der Waals surface area contributed by atoms with E-state index in [4.69, 9.17) is 0 Å². The second-order valence-electron chi connectivity index (χ2n) is 8.41. The summed E-state index contributed by atoms with van der Waals surface area (Å²) in [5.74, 6) is -0.342. The molecule has 1 atom stereocenters. The van der Waals surface area contributed by atoms with E-state index in [9.17, 15) is 14.4 Å². The number of hydrogen-bond donors (Lipinski definition) is 2. The Labute approximate surface area is 208 Å². The van der Waals surface area contributed by atoms with E-state index in [1.165, 1.54) is 16.2 Å². The van der Waals surface area contributed by atoms with Crippen LogP contribution in [0.15, 0.2) is 65.4 Å². The molecule has 3 heterocycles. The molecule has 1 aromatic carbocycles. The van der Waals surface area contributed by atoms with Crippen LogP contribution in [0.25, 0.3) is 0 Å². The van der Waals surface area contributed by atoms with Crippen molar-refractivity contribution in [3.63, 3.8) is 0 Å². The average molecular weight is 496 g/mol. The maximum absolute atomic E-state index is 13.4. The van der Waals surface area contributed by atoms with Crippen LogP contribution < -0.4 is 10.6 Å². The highest BCUT2D eigenvalue weighted by Gasteiger charge is 2.32. The van der Waals surface area contributed by atoms with Crippen LogP contribution in [0, 0.1) is 5.92 Å². The smallest absolute Gasteiger partial charge is 0.262 e. The third-order valence-corrected chi connectivity index (χ3v) is 7.86. The standard InChI is InChI=1S/C26H29N3O3S2/c30-24(27-13-10-21-8-4-16-33-21)20-11-14-29(15-12-20)26(32)22(18-19-6-2-1-3-7-19)28-25(31)23-9-5-17-34-23/h1-9,16-17,20,22H,10-15,18H2,(H,27,30)(H,28,31). The molecule has 178 valence electrons. The Balaban J connectivity index is 1.32. The van der Waals surface area contributed by atoms with Crippen molar-refractivity contribution in [2.75, 3.05) is 19.6 Å². The van der Waals surface area contributed by atoms with E-state index in [1.54, 1.807) is 22.3 Å². The van der Waals surface area contributed by atoms with Crippen LogP contribution >= 0.6 is 22.7 Å². The Kier molecular flexibility index (Phi) is 8.49. The first-order valence-corrected chi connectivity index (χ1v) is 13.3. The molecule has 2 aromatic heterocycles. The van der Waals surface area contributed by atoms with Gasteiger partial charge in [-0.1, -0.05) is 42.5 Å². The third kappa shape index (κ3) is 6.55. The third-order valence-electron chi connectivity index (χ3n) is 6.06. The molecule has 3 amide bonds. The van der Waals surface area contributed by atoms with Crippen LogP contribution in [0.5, 0.6) is 0 Å². The summed E-state index contributed by atoms with van der Waals surface area (Å²) in [7, 11) is 0. The van der Waals surface area contributed by atoms with Crippen LogP contribution in [0.3, 0.4) is 0 Å². The molecular formula is C26H29N3O3S2. The van der Waals surface area contributed by atoms with Crippen LogP contribution in [0.1, 0.15) is 33.0 Å². The van der Waals surface area contributed by atoms with Crippen LogP contribution in [0.2, 0.25) is 0 Å². The molecule has 4 rings (SSSR count). The molecular weight excluding hydrogens is 466 g/mol. The summed E-state index contributed by atoms with van der Waals surface area (Å²) in [5, 5.41) is 9.87. The zero-order valence-corrected chi connectivity index (χ0v) is 20.6. The number of hydrogen-bond acceptors (Lipinski definition) is 5. The molecule has 8 heteroatoms. The van der Waals surface area contributed by atoms with E-state index in [-0.39, 0.29) is 23.6 Å². The lowest BCUT2D eigenvalue weighted by atomic mass is 9.94. The molecule has 0 radical (unpaired) electrons. The number of amides is 3. The van der Waals surface area contributed by atoms with Gasteiger partial charge in [-0.25, -0.2) is 0 Å². The van der Waals surface area contributed by atoms with Gasteiger partial charge in [0.05, 0.1) is 4.88 Å². The van der Waals surface area contributed by atoms with Gasteiger partial charge >= 0.3 is 0 Å². The molecule has 1 unspecified atom stereocenters. The van der Waals surface area contributed by atoms with Gasteiger partial charge in [-0.15, -0.1) is 22.7 Å². The van der Waals surface area contributed by atoms with Gasteiger partial charge in [0.2, 0.25) is 11.8 Å². The molecule has 0 saturated carbocycles. The number of carbonyl (C=O) groups excluding carboxylic acids is 3. The number of thiophene rings is 2. The van der Waals surface area contributed by atoms with Crippen molar-refractivity contribution >= 4 is 40.4 Å². The Morgan fingerprint density at radius 1 is 0.941 bits per heavy atom. The highest BCUT2D eigenvalue weighted by atomic mass is 32.1. The van der Waals surface area contributed by atoms with Crippen molar-refractivity contribution in [3.05, 3.63) is 80.7 Å². The number of likely N-dealkylation sites (tertiary alicyclic amines) is 1. The first-order chi connectivity index (χ1) is 16.6. The van der Waals surface area contributed by atoms with Crippen molar-refractivity contribution in [2.45, 2.75) is 31.7 Å². The molecule has 0 bridgehead atoms. The van der Waals surface area contributed by atoms with Gasteiger partial charge in [-0.2, -0.15) is 0 Å². The van der Waals surface area contributed by atoms with Crippen molar-refractivity contribution < 1.29 is 14.4 Å². The fourth-order valence-corrected chi connectivity index (χ4v) is 5.51. The molecule has 2 N–H and O–H groups in total. The van der Waals surface area contributed by atoms with Crippen LogP contribution in [-0.2, 0) is 22.4 Å². The van der Waals surface area contributed by atoms with E-state index in [2.05, 4.69) is 16.7 Å². The van der Waals surface area contributed by atoms with Crippen molar-refractivity contribution in [1.82, 2.24) is 15.5 Å². The molecule has 0 aliphatic carbocycles. The molecule has 6 nitrogen and oxygen atoms in total. The fraction of sp³-hybridized carbons (Fsp3) is 0.346. The minimum atomic E-state index is -0.645. The maximum Gasteiger partial charge on any atom is 0.262 e. The van der Waals surface area contributed by atoms with E-state index in [0.29, 0.717) is 43.8 Å². The highest BCUT2D eigenvalue weighted by Crippen LogP contribution is 2.20. The Hall–Kier alpha value is -2.97. The minimum absolute atomic E-state index is 0.0653. The lowest BCUT2D eigenvalue weighted by Gasteiger charge is -2.34. The summed E-state index contributed by atoms with van der Waals surface area (Å²) < 4.78 is 0. The molecule has 1 fully saturated rings. The van der Waals surface area contributed by atoms with E-state index in [0.717, 1.165) is 12.0 Å². The van der Waals surface area contributed by atoms with Gasteiger partial charge in [-0.05, 0) is 47.7 Å². The van der Waals surface area contributed by atoms with Crippen molar-refractivity contribution in [2.24, 2.45) is 5.92 Å². The average Bonchev–Trinajstić information content (AvgIpc) is 3.59. The fourth-order valence-electron chi connectivity index (χ4n) is 4.18. The van der Waals surface area contributed by atoms with Gasteiger partial charge in [0.25, 0.3) is 5.91 Å². The molecule has 34 heavy (non-hydrogen) atoms. The van der Waals surface area contributed by atoms with Crippen LogP contribution in [0.4, 0.5) is 0 Å². The predicted molar refractivity (Wildman–Crippen MR) is 136 cm³/mol. The summed E-state index contributed by atoms with van der Waals surface area (Å²) in [5.41, 5.74) is 0.993. The summed E-state index contributed by atoms with van der Waals surface area (Å²) in [6.07, 6.45) is 2.53. The van der Waals surface area contributed by atoms with Crippen molar-refractivity contribution in [3.8, 4) is 0 Å². The molecule has 0 spiro atoms. The quantitative estimate of drug-likeness (QED) is 0.475. The molecule has 3 aromatic rings. The van der Waals surface area contributed by atoms with Gasteiger partial charge in [0, 0.05) is 36.9 Å². The first kappa shape index (κ1) is 24.2. The monoisotopic (exact) mass is 495 g/mol. The zero-order chi connectivity index (χ0) is 23.8. The highest BCUT2D eigenvalue weighted by molar-refractivity contribution is 7.12. The maximum atomic E-state index is 13.4. The summed E-state index contributed by atoms with van der Waals surface area (Å²) in [6, 6.07) is 16.7. The number of nitrogens with zero attached hydrogens (tertiary/aromatic N) is 1. The molecule has 1 aliphatic heterocycles. The summed E-state index contributed by atoms with van der Waals surface area (Å²) in [6.45, 7) is 1.66. The Bertz CT molecular complexity index is 1060. The minimum Gasteiger partial charge on any atom is -0.355 e. The number of rotatable bonds is 9. The molecule has 1 saturated heterocycles. The number of carbonyl (C=O) groups is 3. The van der Waals surface area contributed by atoms with E-state index in [1.807, 2.05) is 53.2 Å². The number of benzene rings is 1. The van der Waals surface area contributed by atoms with E-state index < -0.39 is 6.04 Å². The lowest BCUT2D eigenvalue weighted by molar-refractivity contribution is -0.137. The second kappa shape index (κ2) is 11.9. The Morgan fingerprint density at radius 2 is 1.68 bits per heavy atom. The normalized spacial score (nSPS) is 15.0. The second-order valence-corrected chi connectivity index (χ2v) is 10.4. The first-order valence-electron chi connectivity index (χ1n) is 11.6. The molecule has 1 aliphatic rings. The lowest BCUT2D eigenvalue weighted by Crippen LogP contribution is -2.52. The predicted octanol–water partition coefficient (Wildman–Crippen LogP) is 3.75. The van der Waals surface area contributed by atoms with Crippen molar-refractivity contribution in [1.29, 1.82) is 0 Å².